The first-order valence-corrected chi connectivity index (χ1v) is 6.90. The molecule has 9 nitrogen and oxygen atoms in total. The van der Waals surface area contributed by atoms with Crippen LogP contribution in [0.15, 0.2) is 35.0 Å². The molecule has 0 saturated heterocycles. The Balaban J connectivity index is 2.22. The minimum atomic E-state index is -0.519. The number of hydrogen-bond donors (Lipinski definition) is 1. The fourth-order valence-corrected chi connectivity index (χ4v) is 2.37. The van der Waals surface area contributed by atoms with Crippen molar-refractivity contribution in [1.82, 2.24) is 10.3 Å². The second-order valence-corrected chi connectivity index (χ2v) is 5.19. The predicted molar refractivity (Wildman–Crippen MR) is 87.2 cm³/mol. The molecular weight excluding hydrogens is 312 g/mol. The number of fused-ring (bicyclic) bond motifs is 1. The Morgan fingerprint density at radius 1 is 1.25 bits per heavy atom. The van der Waals surface area contributed by atoms with E-state index in [9.17, 15) is 15.4 Å². The van der Waals surface area contributed by atoms with E-state index in [0.29, 0.717) is 22.6 Å². The van der Waals surface area contributed by atoms with Gasteiger partial charge in [-0.1, -0.05) is 12.1 Å². The topological polar surface area (TPSA) is 121 Å². The second-order valence-electron chi connectivity index (χ2n) is 5.19. The summed E-state index contributed by atoms with van der Waals surface area (Å²) in [5.41, 5.74) is 1.89. The molecule has 0 aliphatic heterocycles. The molecule has 0 saturated carbocycles. The maximum atomic E-state index is 11.4. The number of nitro benzene ring substituents is 1. The zero-order valence-electron chi connectivity index (χ0n) is 12.8. The SMILES string of the molecule is CN(C)c1cc(Nc2ccccc2C#N)c2nonc2c1[N+](=O)[O-]. The van der Waals surface area contributed by atoms with Crippen molar-refractivity contribution in [1.29, 1.82) is 5.26 Å². The van der Waals surface area contributed by atoms with Gasteiger partial charge < -0.3 is 10.2 Å². The molecule has 0 fully saturated rings. The highest BCUT2D eigenvalue weighted by Gasteiger charge is 2.27. The summed E-state index contributed by atoms with van der Waals surface area (Å²) in [6, 6.07) is 10.6. The highest BCUT2D eigenvalue weighted by atomic mass is 16.6. The number of hydrogen-bond acceptors (Lipinski definition) is 8. The summed E-state index contributed by atoms with van der Waals surface area (Å²) >= 11 is 0. The van der Waals surface area contributed by atoms with Crippen LogP contribution in [0, 0.1) is 21.4 Å². The van der Waals surface area contributed by atoms with Gasteiger partial charge in [0.2, 0.25) is 5.52 Å². The van der Waals surface area contributed by atoms with Crippen molar-refractivity contribution < 1.29 is 9.55 Å². The molecule has 1 N–H and O–H groups in total. The van der Waals surface area contributed by atoms with Crippen molar-refractivity contribution in [2.75, 3.05) is 24.3 Å². The van der Waals surface area contributed by atoms with Gasteiger partial charge in [0.25, 0.3) is 0 Å². The molecule has 0 unspecified atom stereocenters. The second kappa shape index (κ2) is 5.85. The number of nitro groups is 1. The number of para-hydroxylation sites is 1. The summed E-state index contributed by atoms with van der Waals surface area (Å²) in [4.78, 5) is 12.5. The van der Waals surface area contributed by atoms with Crippen molar-refractivity contribution in [3.63, 3.8) is 0 Å². The molecule has 3 aromatic rings. The third-order valence-electron chi connectivity index (χ3n) is 3.47. The van der Waals surface area contributed by atoms with Crippen molar-refractivity contribution in [3.8, 4) is 6.07 Å². The van der Waals surface area contributed by atoms with Crippen molar-refractivity contribution >= 4 is 33.8 Å². The largest absolute Gasteiger partial charge is 0.372 e. The Bertz CT molecular complexity index is 973. The van der Waals surface area contributed by atoms with Crippen LogP contribution in [0.2, 0.25) is 0 Å². The van der Waals surface area contributed by atoms with Crippen LogP contribution < -0.4 is 10.2 Å². The fourth-order valence-electron chi connectivity index (χ4n) is 2.37. The average Bonchev–Trinajstić information content (AvgIpc) is 3.04. The van der Waals surface area contributed by atoms with Gasteiger partial charge in [-0.05, 0) is 28.5 Å². The molecular formula is C15H12N6O3. The van der Waals surface area contributed by atoms with Gasteiger partial charge >= 0.3 is 5.69 Å². The first-order chi connectivity index (χ1) is 11.5. The van der Waals surface area contributed by atoms with Gasteiger partial charge in [-0.25, -0.2) is 4.63 Å². The molecule has 1 heterocycles. The van der Waals surface area contributed by atoms with Crippen LogP contribution >= 0.6 is 0 Å². The lowest BCUT2D eigenvalue weighted by Gasteiger charge is -2.15. The highest BCUT2D eigenvalue weighted by molar-refractivity contribution is 6.00. The van der Waals surface area contributed by atoms with Crippen LogP contribution in [0.4, 0.5) is 22.7 Å². The maximum absolute atomic E-state index is 11.4. The lowest BCUT2D eigenvalue weighted by Crippen LogP contribution is -2.12. The standard InChI is InChI=1S/C15H12N6O3/c1-20(2)12-7-11(17-10-6-4-3-5-9(10)8-16)13-14(19-24-18-13)15(12)21(22)23/h3-7,17H,1-2H3. The quantitative estimate of drug-likeness (QED) is 0.574. The number of anilines is 3. The Labute approximate surface area is 136 Å². The first-order valence-electron chi connectivity index (χ1n) is 6.90. The van der Waals surface area contributed by atoms with E-state index in [-0.39, 0.29) is 16.7 Å². The normalized spacial score (nSPS) is 10.4. The van der Waals surface area contributed by atoms with Crippen LogP contribution in [0.3, 0.4) is 0 Å². The van der Waals surface area contributed by atoms with E-state index in [1.54, 1.807) is 49.3 Å². The molecule has 0 aliphatic rings. The van der Waals surface area contributed by atoms with Gasteiger partial charge in [0.05, 0.1) is 21.9 Å². The third-order valence-corrected chi connectivity index (χ3v) is 3.47. The van der Waals surface area contributed by atoms with Gasteiger partial charge in [-0.3, -0.25) is 10.1 Å². The highest BCUT2D eigenvalue weighted by Crippen LogP contribution is 2.39. The van der Waals surface area contributed by atoms with E-state index in [1.165, 1.54) is 0 Å². The van der Waals surface area contributed by atoms with Gasteiger partial charge in [-0.15, -0.1) is 0 Å². The summed E-state index contributed by atoms with van der Waals surface area (Å²) in [5, 5.41) is 31.1. The average molecular weight is 324 g/mol. The molecule has 24 heavy (non-hydrogen) atoms. The van der Waals surface area contributed by atoms with Gasteiger partial charge in [0.1, 0.15) is 11.8 Å². The smallest absolute Gasteiger partial charge is 0.323 e. The molecule has 0 amide bonds. The summed E-state index contributed by atoms with van der Waals surface area (Å²) < 4.78 is 4.70. The van der Waals surface area contributed by atoms with Crippen molar-refractivity contribution in [3.05, 3.63) is 46.0 Å². The van der Waals surface area contributed by atoms with Crippen LogP contribution in [0.5, 0.6) is 0 Å². The van der Waals surface area contributed by atoms with Gasteiger partial charge in [-0.2, -0.15) is 5.26 Å². The summed E-state index contributed by atoms with van der Waals surface area (Å²) in [6.45, 7) is 0. The summed E-state index contributed by atoms with van der Waals surface area (Å²) in [6.07, 6.45) is 0. The molecule has 0 atom stereocenters. The Morgan fingerprint density at radius 2 is 1.96 bits per heavy atom. The summed E-state index contributed by atoms with van der Waals surface area (Å²) in [5.74, 6) is 0. The predicted octanol–water partition coefficient (Wildman–Crippen LogP) is 2.81. The molecule has 120 valence electrons. The van der Waals surface area contributed by atoms with E-state index in [4.69, 9.17) is 4.63 Å². The van der Waals surface area contributed by atoms with Gasteiger partial charge in [0.15, 0.2) is 5.52 Å². The number of nitrogens with zero attached hydrogens (tertiary/aromatic N) is 5. The fraction of sp³-hybridized carbons (Fsp3) is 0.133. The maximum Gasteiger partial charge on any atom is 0.323 e. The minimum absolute atomic E-state index is 0.0446. The van der Waals surface area contributed by atoms with Crippen LogP contribution in [-0.4, -0.2) is 29.3 Å². The van der Waals surface area contributed by atoms with Crippen molar-refractivity contribution in [2.45, 2.75) is 0 Å². The van der Waals surface area contributed by atoms with E-state index >= 15 is 0 Å². The molecule has 0 radical (unpaired) electrons. The lowest BCUT2D eigenvalue weighted by atomic mass is 10.1. The Kier molecular flexibility index (Phi) is 3.71. The molecule has 0 spiro atoms. The Morgan fingerprint density at radius 3 is 2.62 bits per heavy atom. The lowest BCUT2D eigenvalue weighted by molar-refractivity contribution is -0.382. The zero-order chi connectivity index (χ0) is 17.3. The molecule has 0 bridgehead atoms. The number of aromatic nitrogens is 2. The minimum Gasteiger partial charge on any atom is -0.372 e. The van der Waals surface area contributed by atoms with Crippen LogP contribution in [0.1, 0.15) is 5.56 Å². The molecule has 1 aromatic heterocycles. The number of nitrogens with one attached hydrogen (secondary N) is 1. The van der Waals surface area contributed by atoms with Crippen molar-refractivity contribution in [2.24, 2.45) is 0 Å². The Hall–Kier alpha value is -3.67. The van der Waals surface area contributed by atoms with E-state index in [0.717, 1.165) is 0 Å². The van der Waals surface area contributed by atoms with E-state index in [1.807, 2.05) is 0 Å². The van der Waals surface area contributed by atoms with E-state index < -0.39 is 4.92 Å². The monoisotopic (exact) mass is 324 g/mol. The molecule has 9 heteroatoms. The summed E-state index contributed by atoms with van der Waals surface area (Å²) in [7, 11) is 3.38. The molecule has 0 aliphatic carbocycles. The van der Waals surface area contributed by atoms with Crippen LogP contribution in [0.25, 0.3) is 11.0 Å². The molecule has 2 aromatic carbocycles. The molecule has 3 rings (SSSR count). The van der Waals surface area contributed by atoms with Gasteiger partial charge in [0, 0.05) is 14.1 Å². The third kappa shape index (κ3) is 2.46. The first kappa shape index (κ1) is 15.2. The number of rotatable bonds is 4. The van der Waals surface area contributed by atoms with Crippen LogP contribution in [-0.2, 0) is 0 Å². The zero-order valence-corrected chi connectivity index (χ0v) is 12.8. The number of nitriles is 1. The number of benzene rings is 2. The van der Waals surface area contributed by atoms with E-state index in [2.05, 4.69) is 21.7 Å².